The number of aromatic amines is 2. The quantitative estimate of drug-likeness (QED) is 0.202. The van der Waals surface area contributed by atoms with Gasteiger partial charge in [0.05, 0.1) is 6.54 Å². The van der Waals surface area contributed by atoms with E-state index in [1.165, 1.54) is 17.7 Å². The van der Waals surface area contributed by atoms with Crippen molar-refractivity contribution in [3.63, 3.8) is 0 Å². The Balaban J connectivity index is 1.46. The molecule has 4 aromatic rings. The first kappa shape index (κ1) is 31.9. The Morgan fingerprint density at radius 1 is 1.08 bits per heavy atom. The van der Waals surface area contributed by atoms with E-state index < -0.39 is 41.1 Å². The zero-order chi connectivity index (χ0) is 33.9. The summed E-state index contributed by atoms with van der Waals surface area (Å²) in [4.78, 5) is 76.4. The molecule has 2 aromatic carbocycles. The summed E-state index contributed by atoms with van der Waals surface area (Å²) < 4.78 is 3.06. The van der Waals surface area contributed by atoms with Crippen molar-refractivity contribution in [1.82, 2.24) is 24.0 Å². The number of carbonyl (C=O) groups excluding carboxylic acids is 1. The third-order valence-corrected chi connectivity index (χ3v) is 9.91. The normalized spacial score (nSPS) is 19.0. The Kier molecular flexibility index (Phi) is 8.27. The third kappa shape index (κ3) is 5.43. The molecule has 17 heteroatoms. The Bertz CT molecular complexity index is 2180. The topological polar surface area (TPSA) is 178 Å². The molecular formula is C31H32BrClN10O5. The number of piperidine rings is 1. The van der Waals surface area contributed by atoms with Crippen molar-refractivity contribution in [2.24, 2.45) is 12.8 Å². The van der Waals surface area contributed by atoms with E-state index in [9.17, 15) is 24.0 Å². The van der Waals surface area contributed by atoms with Crippen LogP contribution in [0.4, 0.5) is 23.0 Å². The second-order valence-corrected chi connectivity index (χ2v) is 13.3. The van der Waals surface area contributed by atoms with Crippen molar-refractivity contribution in [2.45, 2.75) is 38.3 Å². The number of halogens is 2. The van der Waals surface area contributed by atoms with Gasteiger partial charge in [0.2, 0.25) is 0 Å². The van der Waals surface area contributed by atoms with Crippen LogP contribution >= 0.6 is 27.5 Å². The fourth-order valence-corrected chi connectivity index (χ4v) is 7.31. The minimum Gasteiger partial charge on any atom is -0.359 e. The average molecular weight is 740 g/mol. The smallest absolute Gasteiger partial charge is 0.332 e. The molecule has 0 bridgehead atoms. The fourth-order valence-electron chi connectivity index (χ4n) is 6.71. The first-order chi connectivity index (χ1) is 23.0. The molecule has 0 amide bonds. The number of nitrogens with two attached hydrogens (primary N) is 1. The van der Waals surface area contributed by atoms with Gasteiger partial charge in [0.15, 0.2) is 23.7 Å². The van der Waals surface area contributed by atoms with E-state index in [1.54, 1.807) is 28.2 Å². The monoisotopic (exact) mass is 738 g/mol. The standard InChI is InChI=1S/C31H32BrClN10O5/c1-38-27-24(28(46)41(31(38)48)15-22(44)17-7-4-8-19(33)12-17)40(13-18-6-2-3-10-21(18)32)30(39-11-5-9-20(34)14-39)43(27)42-16-35-23-25(42)36-29(47)37-26(23)45/h2-4,6-8,10,12,20,30,35H,5,9,11,13-16,34H2,1H3,(H2,36,37,45,47). The van der Waals surface area contributed by atoms with Crippen molar-refractivity contribution >= 4 is 56.3 Å². The lowest BCUT2D eigenvalue weighted by Crippen LogP contribution is -2.64. The van der Waals surface area contributed by atoms with Crippen molar-refractivity contribution in [3.05, 3.63) is 111 Å². The number of Topliss-reactive ketones (excluding diaryl/α,β-unsaturated/α-hetero) is 1. The van der Waals surface area contributed by atoms with Crippen LogP contribution in [0.25, 0.3) is 0 Å². The molecule has 1 fully saturated rings. The molecule has 0 radical (unpaired) electrons. The number of ketones is 1. The number of aromatic nitrogens is 4. The van der Waals surface area contributed by atoms with Crippen LogP contribution in [0.1, 0.15) is 28.8 Å². The number of hydrogen-bond donors (Lipinski definition) is 4. The number of fused-ring (bicyclic) bond motifs is 2. The molecule has 250 valence electrons. The van der Waals surface area contributed by atoms with Crippen LogP contribution in [0.15, 0.2) is 72.2 Å². The highest BCUT2D eigenvalue weighted by Gasteiger charge is 2.49. The van der Waals surface area contributed by atoms with Gasteiger partial charge in [-0.2, -0.15) is 0 Å². The maximum absolute atomic E-state index is 14.7. The Morgan fingerprint density at radius 3 is 2.62 bits per heavy atom. The molecule has 2 aromatic heterocycles. The predicted molar refractivity (Wildman–Crippen MR) is 186 cm³/mol. The van der Waals surface area contributed by atoms with Crippen LogP contribution in [-0.2, 0) is 20.1 Å². The van der Waals surface area contributed by atoms with E-state index in [0.717, 1.165) is 27.4 Å². The highest BCUT2D eigenvalue weighted by atomic mass is 79.9. The average Bonchev–Trinajstić information content (AvgIpc) is 3.62. The largest absolute Gasteiger partial charge is 0.359 e. The van der Waals surface area contributed by atoms with E-state index in [0.29, 0.717) is 18.1 Å². The summed E-state index contributed by atoms with van der Waals surface area (Å²) in [5, 5.41) is 6.80. The Hall–Kier alpha value is -4.64. The number of nitrogens with zero attached hydrogens (tertiary/aromatic N) is 6. The number of anilines is 4. The fraction of sp³-hybridized carbons (Fsp3) is 0.323. The van der Waals surface area contributed by atoms with Gasteiger partial charge in [-0.25, -0.2) is 19.6 Å². The van der Waals surface area contributed by atoms with Crippen LogP contribution in [0.5, 0.6) is 0 Å². The molecule has 15 nitrogen and oxygen atoms in total. The number of hydrazine groups is 1. The molecule has 7 rings (SSSR count). The molecule has 3 aliphatic rings. The van der Waals surface area contributed by atoms with Gasteiger partial charge in [-0.05, 0) is 36.6 Å². The van der Waals surface area contributed by atoms with E-state index in [2.05, 4.69) is 36.1 Å². The van der Waals surface area contributed by atoms with Gasteiger partial charge in [-0.1, -0.05) is 57.9 Å². The molecule has 0 spiro atoms. The van der Waals surface area contributed by atoms with Gasteiger partial charge in [0, 0.05) is 47.8 Å². The predicted octanol–water partition coefficient (Wildman–Crippen LogP) is 1.56. The number of nitrogens with one attached hydrogen (secondary N) is 3. The third-order valence-electron chi connectivity index (χ3n) is 8.91. The molecule has 0 aliphatic carbocycles. The van der Waals surface area contributed by atoms with Gasteiger partial charge < -0.3 is 16.0 Å². The number of hydrogen-bond acceptors (Lipinski definition) is 11. The van der Waals surface area contributed by atoms with Crippen LogP contribution in [0.3, 0.4) is 0 Å². The second kappa shape index (κ2) is 12.4. The lowest BCUT2D eigenvalue weighted by atomic mass is 10.1. The van der Waals surface area contributed by atoms with Gasteiger partial charge >= 0.3 is 11.4 Å². The number of rotatable bonds is 7. The summed E-state index contributed by atoms with van der Waals surface area (Å²) in [7, 11) is 1.53. The minimum absolute atomic E-state index is 0.0433. The second-order valence-electron chi connectivity index (χ2n) is 12.0. The molecule has 5 heterocycles. The van der Waals surface area contributed by atoms with E-state index in [1.807, 2.05) is 29.2 Å². The molecule has 2 unspecified atom stereocenters. The van der Waals surface area contributed by atoms with Crippen LogP contribution in [-0.4, -0.2) is 61.9 Å². The summed E-state index contributed by atoms with van der Waals surface area (Å²) in [5.41, 5.74) is 5.20. The van der Waals surface area contributed by atoms with Gasteiger partial charge in [-0.15, -0.1) is 0 Å². The lowest BCUT2D eigenvalue weighted by molar-refractivity contribution is 0.0968. The van der Waals surface area contributed by atoms with Gasteiger partial charge in [0.1, 0.15) is 18.0 Å². The molecule has 3 aliphatic heterocycles. The highest BCUT2D eigenvalue weighted by molar-refractivity contribution is 9.10. The molecule has 48 heavy (non-hydrogen) atoms. The first-order valence-corrected chi connectivity index (χ1v) is 16.5. The summed E-state index contributed by atoms with van der Waals surface area (Å²) in [5.74, 6) is -0.0585. The zero-order valence-electron chi connectivity index (χ0n) is 25.8. The highest BCUT2D eigenvalue weighted by Crippen LogP contribution is 2.43. The van der Waals surface area contributed by atoms with Gasteiger partial charge in [0.25, 0.3) is 11.1 Å². The molecular weight excluding hydrogens is 708 g/mol. The summed E-state index contributed by atoms with van der Waals surface area (Å²) in [6, 6.07) is 13.8. The zero-order valence-corrected chi connectivity index (χ0v) is 28.1. The SMILES string of the molecule is Cn1c2c(c(=O)n(CC(=O)c3cccc(Cl)c3)c1=O)N(Cc1ccccc1Br)C(N1CCCC(N)C1)N2N1CNc2c1[nH]c(=O)[nH]c2=O. The first-order valence-electron chi connectivity index (χ1n) is 15.3. The van der Waals surface area contributed by atoms with Crippen molar-refractivity contribution in [2.75, 3.05) is 40.0 Å². The van der Waals surface area contributed by atoms with E-state index >= 15 is 0 Å². The van der Waals surface area contributed by atoms with Crippen molar-refractivity contribution < 1.29 is 4.79 Å². The summed E-state index contributed by atoms with van der Waals surface area (Å²) >= 11 is 9.77. The molecule has 0 saturated carbocycles. The Labute approximate surface area is 286 Å². The van der Waals surface area contributed by atoms with Crippen LogP contribution in [0.2, 0.25) is 5.02 Å². The molecule has 1 saturated heterocycles. The maximum Gasteiger partial charge on any atom is 0.332 e. The minimum atomic E-state index is -0.730. The molecule has 2 atom stereocenters. The lowest BCUT2D eigenvalue weighted by Gasteiger charge is -2.46. The van der Waals surface area contributed by atoms with Crippen LogP contribution < -0.4 is 48.5 Å². The summed E-state index contributed by atoms with van der Waals surface area (Å²) in [6.45, 7) is 0.832. The van der Waals surface area contributed by atoms with Crippen molar-refractivity contribution in [1.29, 1.82) is 0 Å². The summed E-state index contributed by atoms with van der Waals surface area (Å²) in [6.07, 6.45) is 0.869. The Morgan fingerprint density at radius 2 is 1.88 bits per heavy atom. The number of benzene rings is 2. The van der Waals surface area contributed by atoms with Gasteiger partial charge in [-0.3, -0.25) is 38.4 Å². The molecule has 5 N–H and O–H groups in total. The number of H-pyrrole nitrogens is 2. The van der Waals surface area contributed by atoms with E-state index in [4.69, 9.17) is 17.3 Å². The van der Waals surface area contributed by atoms with Crippen molar-refractivity contribution in [3.8, 4) is 0 Å². The maximum atomic E-state index is 14.7. The number of carbonyl (C=O) groups is 1. The van der Waals surface area contributed by atoms with Crippen LogP contribution in [0, 0.1) is 0 Å². The van der Waals surface area contributed by atoms with E-state index in [-0.39, 0.29) is 47.8 Å². The number of likely N-dealkylation sites (tertiary alicyclic amines) is 1.